The number of nitrogens with one attached hydrogen (secondary N) is 1. The van der Waals surface area contributed by atoms with Crippen LogP contribution in [-0.2, 0) is 0 Å². The van der Waals surface area contributed by atoms with Gasteiger partial charge in [0.25, 0.3) is 0 Å². The van der Waals surface area contributed by atoms with Gasteiger partial charge in [-0.2, -0.15) is 0 Å². The summed E-state index contributed by atoms with van der Waals surface area (Å²) in [5.74, 6) is 0. The average Bonchev–Trinajstić information content (AvgIpc) is 2.31. The van der Waals surface area contributed by atoms with Crippen LogP contribution in [0.1, 0.15) is 6.92 Å². The van der Waals surface area contributed by atoms with Crippen molar-refractivity contribution in [2.45, 2.75) is 13.0 Å². The lowest BCUT2D eigenvalue weighted by Gasteiger charge is -2.05. The summed E-state index contributed by atoms with van der Waals surface area (Å²) >= 11 is 5.07. The van der Waals surface area contributed by atoms with E-state index in [0.717, 1.165) is 15.3 Å². The van der Waals surface area contributed by atoms with Gasteiger partial charge >= 0.3 is 0 Å². The minimum atomic E-state index is 0.205. The topological polar surface area (TPSA) is 38.0 Å². The molecule has 1 heterocycles. The van der Waals surface area contributed by atoms with Gasteiger partial charge < -0.3 is 11.1 Å². The van der Waals surface area contributed by atoms with Crippen LogP contribution in [0.3, 0.4) is 0 Å². The molecule has 0 aliphatic rings. The molecule has 0 aliphatic heterocycles. The maximum atomic E-state index is 5.58. The molecule has 1 aromatic rings. The minimum absolute atomic E-state index is 0.205. The van der Waals surface area contributed by atoms with E-state index in [2.05, 4.69) is 21.2 Å². The van der Waals surface area contributed by atoms with Crippen molar-refractivity contribution in [2.75, 3.05) is 11.9 Å². The van der Waals surface area contributed by atoms with Crippen LogP contribution in [0.4, 0.5) is 5.00 Å². The van der Waals surface area contributed by atoms with Crippen molar-refractivity contribution in [2.24, 2.45) is 5.73 Å². The van der Waals surface area contributed by atoms with Crippen LogP contribution in [0.15, 0.2) is 15.9 Å². The van der Waals surface area contributed by atoms with Gasteiger partial charge in [-0.15, -0.1) is 11.3 Å². The Hall–Kier alpha value is -0.0600. The van der Waals surface area contributed by atoms with E-state index in [0.29, 0.717) is 0 Å². The highest BCUT2D eigenvalue weighted by Crippen LogP contribution is 2.26. The molecule has 0 aromatic carbocycles. The molecular formula is C7H11BrN2S. The highest BCUT2D eigenvalue weighted by molar-refractivity contribution is 9.11. The van der Waals surface area contributed by atoms with Gasteiger partial charge in [-0.1, -0.05) is 0 Å². The van der Waals surface area contributed by atoms with Crippen LogP contribution in [0.25, 0.3) is 0 Å². The summed E-state index contributed by atoms with van der Waals surface area (Å²) in [4.78, 5) is 0. The molecule has 0 aliphatic carbocycles. The van der Waals surface area contributed by atoms with E-state index in [9.17, 15) is 0 Å². The van der Waals surface area contributed by atoms with E-state index < -0.39 is 0 Å². The average molecular weight is 235 g/mol. The molecule has 0 radical (unpaired) electrons. The molecule has 3 N–H and O–H groups in total. The highest BCUT2D eigenvalue weighted by atomic mass is 79.9. The standard InChI is InChI=1S/C7H11BrN2S/c1-5(9)4-10-7-3-2-6(8)11-7/h2-3,5,10H,4,9H2,1H3. The SMILES string of the molecule is CC(N)CNc1ccc(Br)s1. The van der Waals surface area contributed by atoms with Crippen LogP contribution < -0.4 is 11.1 Å². The molecule has 1 rings (SSSR count). The zero-order valence-electron chi connectivity index (χ0n) is 6.30. The van der Waals surface area contributed by atoms with Crippen molar-refractivity contribution in [3.05, 3.63) is 15.9 Å². The molecule has 0 saturated carbocycles. The van der Waals surface area contributed by atoms with E-state index in [1.54, 1.807) is 11.3 Å². The molecule has 62 valence electrons. The van der Waals surface area contributed by atoms with Crippen LogP contribution in [0.5, 0.6) is 0 Å². The van der Waals surface area contributed by atoms with Crippen molar-refractivity contribution < 1.29 is 0 Å². The van der Waals surface area contributed by atoms with Gasteiger partial charge in [0.1, 0.15) is 0 Å². The molecule has 0 fully saturated rings. The van der Waals surface area contributed by atoms with Gasteiger partial charge in [0.15, 0.2) is 0 Å². The number of rotatable bonds is 3. The fourth-order valence-electron chi connectivity index (χ4n) is 0.671. The lowest BCUT2D eigenvalue weighted by atomic mass is 10.4. The quantitative estimate of drug-likeness (QED) is 0.843. The summed E-state index contributed by atoms with van der Waals surface area (Å²) in [5.41, 5.74) is 5.58. The largest absolute Gasteiger partial charge is 0.375 e. The first kappa shape index (κ1) is 9.03. The number of halogens is 1. The third kappa shape index (κ3) is 3.22. The third-order valence-electron chi connectivity index (χ3n) is 1.17. The molecule has 0 spiro atoms. The van der Waals surface area contributed by atoms with Gasteiger partial charge in [0, 0.05) is 12.6 Å². The summed E-state index contributed by atoms with van der Waals surface area (Å²) in [6.07, 6.45) is 0. The van der Waals surface area contributed by atoms with Crippen molar-refractivity contribution in [1.29, 1.82) is 0 Å². The van der Waals surface area contributed by atoms with Crippen molar-refractivity contribution in [1.82, 2.24) is 0 Å². The molecule has 0 bridgehead atoms. The van der Waals surface area contributed by atoms with E-state index in [1.807, 2.05) is 19.1 Å². The number of hydrogen-bond donors (Lipinski definition) is 2. The molecule has 0 saturated heterocycles. The van der Waals surface area contributed by atoms with Crippen LogP contribution >= 0.6 is 27.3 Å². The van der Waals surface area contributed by atoms with E-state index in [4.69, 9.17) is 5.73 Å². The normalized spacial score (nSPS) is 13.0. The third-order valence-corrected chi connectivity index (χ3v) is 2.75. The molecule has 1 unspecified atom stereocenters. The predicted octanol–water partition coefficient (Wildman–Crippen LogP) is 2.27. The monoisotopic (exact) mass is 234 g/mol. The fraction of sp³-hybridized carbons (Fsp3) is 0.429. The Kier molecular flexibility index (Phi) is 3.36. The Morgan fingerprint density at radius 2 is 2.45 bits per heavy atom. The second kappa shape index (κ2) is 4.09. The summed E-state index contributed by atoms with van der Waals surface area (Å²) in [5, 5.41) is 4.39. The first-order chi connectivity index (χ1) is 5.18. The van der Waals surface area contributed by atoms with Crippen molar-refractivity contribution >= 4 is 32.3 Å². The molecule has 0 amide bonds. The maximum Gasteiger partial charge on any atom is 0.0894 e. The van der Waals surface area contributed by atoms with Gasteiger partial charge in [0.05, 0.1) is 8.79 Å². The molecule has 11 heavy (non-hydrogen) atoms. The molecule has 1 atom stereocenters. The summed E-state index contributed by atoms with van der Waals surface area (Å²) in [7, 11) is 0. The van der Waals surface area contributed by atoms with Crippen molar-refractivity contribution in [3.63, 3.8) is 0 Å². The van der Waals surface area contributed by atoms with Crippen molar-refractivity contribution in [3.8, 4) is 0 Å². The zero-order valence-corrected chi connectivity index (χ0v) is 8.71. The Balaban J connectivity index is 2.39. The van der Waals surface area contributed by atoms with Gasteiger partial charge in [-0.3, -0.25) is 0 Å². The van der Waals surface area contributed by atoms with E-state index in [1.165, 1.54) is 0 Å². The van der Waals surface area contributed by atoms with E-state index >= 15 is 0 Å². The number of thiophene rings is 1. The Morgan fingerprint density at radius 3 is 2.91 bits per heavy atom. The summed E-state index contributed by atoms with van der Waals surface area (Å²) in [6.45, 7) is 2.81. The first-order valence-corrected chi connectivity index (χ1v) is 5.04. The van der Waals surface area contributed by atoms with Crippen LogP contribution in [0, 0.1) is 0 Å². The smallest absolute Gasteiger partial charge is 0.0894 e. The zero-order chi connectivity index (χ0) is 8.27. The van der Waals surface area contributed by atoms with E-state index in [-0.39, 0.29) is 6.04 Å². The molecule has 4 heteroatoms. The van der Waals surface area contributed by atoms with Crippen LogP contribution in [0.2, 0.25) is 0 Å². The number of hydrogen-bond acceptors (Lipinski definition) is 3. The Morgan fingerprint density at radius 1 is 1.73 bits per heavy atom. The first-order valence-electron chi connectivity index (χ1n) is 3.43. The predicted molar refractivity (Wildman–Crippen MR) is 54.2 cm³/mol. The lowest BCUT2D eigenvalue weighted by Crippen LogP contribution is -2.24. The Bertz CT molecular complexity index is 222. The van der Waals surface area contributed by atoms with Crippen LogP contribution in [-0.4, -0.2) is 12.6 Å². The minimum Gasteiger partial charge on any atom is -0.375 e. The van der Waals surface area contributed by atoms with Gasteiger partial charge in [0.2, 0.25) is 0 Å². The van der Waals surface area contributed by atoms with Gasteiger partial charge in [-0.25, -0.2) is 0 Å². The number of anilines is 1. The second-order valence-corrected chi connectivity index (χ2v) is 4.92. The summed E-state index contributed by atoms with van der Waals surface area (Å²) in [6, 6.07) is 4.27. The molecule has 1 aromatic heterocycles. The second-order valence-electron chi connectivity index (χ2n) is 2.46. The molecule has 2 nitrogen and oxygen atoms in total. The fourth-order valence-corrected chi connectivity index (χ4v) is 1.96. The highest BCUT2D eigenvalue weighted by Gasteiger charge is 1.97. The maximum absolute atomic E-state index is 5.58. The van der Waals surface area contributed by atoms with Gasteiger partial charge in [-0.05, 0) is 35.0 Å². The Labute approximate surface area is 78.9 Å². The number of nitrogens with two attached hydrogens (primary N) is 1. The molecular weight excluding hydrogens is 224 g/mol. The lowest BCUT2D eigenvalue weighted by molar-refractivity contribution is 0.781. The summed E-state index contributed by atoms with van der Waals surface area (Å²) < 4.78 is 1.14.